The summed E-state index contributed by atoms with van der Waals surface area (Å²) in [5.41, 5.74) is 37.1. The molecule has 234 valence electrons. The first-order valence-corrected chi connectivity index (χ1v) is 14.5. The van der Waals surface area contributed by atoms with Gasteiger partial charge < -0.3 is 78.1 Å². The number of rotatable bonds is 10. The van der Waals surface area contributed by atoms with Gasteiger partial charge in [0.15, 0.2) is 18.9 Å². The van der Waals surface area contributed by atoms with Gasteiger partial charge in [-0.05, 0) is 38.5 Å². The maximum Gasteiger partial charge on any atom is 0.187 e. The summed E-state index contributed by atoms with van der Waals surface area (Å²) in [6.45, 7) is 1.80. The van der Waals surface area contributed by atoms with Crippen molar-refractivity contribution in [1.82, 2.24) is 0 Å². The Morgan fingerprint density at radius 2 is 1.38 bits per heavy atom. The van der Waals surface area contributed by atoms with Gasteiger partial charge in [0.25, 0.3) is 0 Å². The zero-order valence-electron chi connectivity index (χ0n) is 23.1. The molecule has 0 aromatic heterocycles. The van der Waals surface area contributed by atoms with Gasteiger partial charge in [-0.1, -0.05) is 6.92 Å². The molecule has 0 aromatic carbocycles. The summed E-state index contributed by atoms with van der Waals surface area (Å²) in [6.07, 6.45) is -6.41. The number of aliphatic hydroxyl groups excluding tert-OH is 3. The average molecular weight is 579 g/mol. The molecule has 40 heavy (non-hydrogen) atoms. The second-order valence-corrected chi connectivity index (χ2v) is 11.5. The highest BCUT2D eigenvalue weighted by Gasteiger charge is 2.52. The van der Waals surface area contributed by atoms with E-state index in [1.807, 2.05) is 6.92 Å². The Morgan fingerprint density at radius 3 is 2.02 bits per heavy atom. The monoisotopic (exact) mass is 578 g/mol. The molecule has 1 aliphatic carbocycles. The highest BCUT2D eigenvalue weighted by Crippen LogP contribution is 2.34. The summed E-state index contributed by atoms with van der Waals surface area (Å²) < 4.78 is 36.1. The van der Waals surface area contributed by atoms with E-state index in [9.17, 15) is 15.3 Å². The highest BCUT2D eigenvalue weighted by atomic mass is 16.8. The predicted molar refractivity (Wildman–Crippen MR) is 142 cm³/mol. The number of ether oxygens (including phenoxy) is 6. The molecule has 15 N–H and O–H groups in total. The summed E-state index contributed by atoms with van der Waals surface area (Å²) in [7, 11) is 0. The van der Waals surface area contributed by atoms with E-state index in [0.717, 1.165) is 6.42 Å². The fourth-order valence-corrected chi connectivity index (χ4v) is 5.93. The summed E-state index contributed by atoms with van der Waals surface area (Å²) in [6, 6.07) is -2.43. The van der Waals surface area contributed by atoms with Crippen molar-refractivity contribution in [1.29, 1.82) is 0 Å². The lowest BCUT2D eigenvalue weighted by Crippen LogP contribution is -2.65. The third kappa shape index (κ3) is 7.12. The van der Waals surface area contributed by atoms with Crippen LogP contribution in [0.5, 0.6) is 0 Å². The lowest BCUT2D eigenvalue weighted by molar-refractivity contribution is -0.289. The van der Waals surface area contributed by atoms with Crippen molar-refractivity contribution in [2.24, 2.45) is 34.4 Å². The molecule has 3 saturated heterocycles. The molecule has 0 bridgehead atoms. The van der Waals surface area contributed by atoms with Crippen LogP contribution in [-0.4, -0.2) is 126 Å². The van der Waals surface area contributed by atoms with E-state index < -0.39 is 86.3 Å². The zero-order valence-corrected chi connectivity index (χ0v) is 23.1. The van der Waals surface area contributed by atoms with Crippen LogP contribution in [0.1, 0.15) is 45.4 Å². The van der Waals surface area contributed by atoms with Crippen LogP contribution in [0, 0.1) is 0 Å². The molecule has 4 rings (SSSR count). The first kappa shape index (κ1) is 32.3. The van der Waals surface area contributed by atoms with Gasteiger partial charge >= 0.3 is 0 Å². The molecule has 0 aromatic rings. The maximum atomic E-state index is 11.2. The van der Waals surface area contributed by atoms with E-state index in [0.29, 0.717) is 32.2 Å². The number of hydrogen-bond acceptors (Lipinski definition) is 15. The normalized spacial score (nSPS) is 49.2. The third-order valence-corrected chi connectivity index (χ3v) is 8.56. The van der Waals surface area contributed by atoms with E-state index in [4.69, 9.17) is 62.8 Å². The van der Waals surface area contributed by atoms with Crippen LogP contribution >= 0.6 is 0 Å². The molecule has 15 heteroatoms. The second kappa shape index (κ2) is 14.2. The minimum Gasteiger partial charge on any atom is -0.394 e. The summed E-state index contributed by atoms with van der Waals surface area (Å²) >= 11 is 0. The summed E-state index contributed by atoms with van der Waals surface area (Å²) in [5, 5.41) is 32.2. The molecule has 0 unspecified atom stereocenters. The van der Waals surface area contributed by atoms with E-state index in [-0.39, 0.29) is 24.7 Å². The first-order valence-electron chi connectivity index (χ1n) is 14.5. The van der Waals surface area contributed by atoms with Crippen LogP contribution in [0.2, 0.25) is 0 Å². The molecule has 4 fully saturated rings. The Morgan fingerprint density at radius 1 is 0.750 bits per heavy atom. The van der Waals surface area contributed by atoms with Crippen molar-refractivity contribution >= 4 is 0 Å². The molecule has 1 saturated carbocycles. The van der Waals surface area contributed by atoms with Crippen LogP contribution in [0.25, 0.3) is 0 Å². The predicted octanol–water partition coefficient (Wildman–Crippen LogP) is -4.00. The van der Waals surface area contributed by atoms with Gasteiger partial charge in [-0.3, -0.25) is 0 Å². The molecule has 3 aliphatic heterocycles. The van der Waals surface area contributed by atoms with Crippen LogP contribution in [-0.2, 0) is 28.4 Å². The Labute approximate surface area is 235 Å². The van der Waals surface area contributed by atoms with Gasteiger partial charge in [0.1, 0.15) is 30.5 Å². The van der Waals surface area contributed by atoms with Gasteiger partial charge in [0.2, 0.25) is 0 Å². The molecule has 15 nitrogen and oxygen atoms in total. The molecule has 0 amide bonds. The minimum absolute atomic E-state index is 0.180. The molecular weight excluding hydrogens is 528 g/mol. The topological polar surface area (TPSA) is 272 Å². The molecule has 3 heterocycles. The van der Waals surface area contributed by atoms with Crippen molar-refractivity contribution in [3.8, 4) is 0 Å². The van der Waals surface area contributed by atoms with Crippen molar-refractivity contribution < 1.29 is 43.7 Å². The molecule has 16 atom stereocenters. The Kier molecular flexibility index (Phi) is 11.5. The summed E-state index contributed by atoms with van der Waals surface area (Å²) in [5.74, 6) is 0. The average Bonchev–Trinajstić information content (AvgIpc) is 3.24. The highest BCUT2D eigenvalue weighted by molar-refractivity contribution is 5.01. The largest absolute Gasteiger partial charge is 0.394 e. The molecule has 0 radical (unpaired) electrons. The van der Waals surface area contributed by atoms with E-state index in [1.165, 1.54) is 0 Å². The molecule has 0 spiro atoms. The van der Waals surface area contributed by atoms with E-state index in [2.05, 4.69) is 0 Å². The number of hydrogen-bond donors (Lipinski definition) is 9. The molecule has 4 aliphatic rings. The van der Waals surface area contributed by atoms with Crippen molar-refractivity contribution in [3.05, 3.63) is 0 Å². The third-order valence-electron chi connectivity index (χ3n) is 8.56. The number of aliphatic hydroxyl groups is 3. The summed E-state index contributed by atoms with van der Waals surface area (Å²) in [4.78, 5) is 0. The van der Waals surface area contributed by atoms with Crippen LogP contribution in [0.15, 0.2) is 0 Å². The van der Waals surface area contributed by atoms with Gasteiger partial charge in [0, 0.05) is 24.7 Å². The fraction of sp³-hybridized carbons (Fsp3) is 1.00. The lowest BCUT2D eigenvalue weighted by atomic mass is 9.84. The quantitative estimate of drug-likeness (QED) is 0.119. The minimum atomic E-state index is -1.37. The van der Waals surface area contributed by atoms with Crippen molar-refractivity contribution in [3.63, 3.8) is 0 Å². The maximum absolute atomic E-state index is 11.2. The van der Waals surface area contributed by atoms with Crippen molar-refractivity contribution in [2.75, 3.05) is 13.2 Å². The Hall–Kier alpha value is -0.600. The van der Waals surface area contributed by atoms with Gasteiger partial charge in [-0.15, -0.1) is 0 Å². The standard InChI is InChI=1S/C25H50N6O9/c1-2-11(27)16-6-5-13(29)24(36-16)38-20-15(31)7-14(30)18(33)22(20)40-25-19(34)21(17(9-32)37-25)39-23-12(28)4-3-10(8-26)35-23/h10-25,32-34H,2-9,26-31H2,1H3/t10-,11+,12+,13+,14+,15-,16-,17+,18-,19+,20+,21+,22+,23+,24+,25-/m0/s1. The van der Waals surface area contributed by atoms with Crippen LogP contribution in [0.3, 0.4) is 0 Å². The van der Waals surface area contributed by atoms with Crippen LogP contribution in [0.4, 0.5) is 0 Å². The van der Waals surface area contributed by atoms with Crippen molar-refractivity contribution in [2.45, 2.75) is 143 Å². The van der Waals surface area contributed by atoms with Gasteiger partial charge in [-0.2, -0.15) is 0 Å². The van der Waals surface area contributed by atoms with E-state index in [1.54, 1.807) is 0 Å². The number of nitrogens with two attached hydrogens (primary N) is 6. The van der Waals surface area contributed by atoms with E-state index >= 15 is 0 Å². The fourth-order valence-electron chi connectivity index (χ4n) is 5.93. The van der Waals surface area contributed by atoms with Crippen LogP contribution < -0.4 is 34.4 Å². The SMILES string of the molecule is CC[C@@H](N)[C@@H]1CC[C@@H](N)[C@@H](O[C@H]2[C@H](O[C@@H]3O[C@H](CO)[C@@H](O[C@H]4O[C@H](CN)CC[C@H]4N)[C@H]3O)[C@@H](O)[C@H](N)C[C@@H]2N)O1. The second-order valence-electron chi connectivity index (χ2n) is 11.5. The smallest absolute Gasteiger partial charge is 0.187 e. The van der Waals surface area contributed by atoms with Gasteiger partial charge in [0.05, 0.1) is 37.0 Å². The molecular formula is C25H50N6O9. The van der Waals surface area contributed by atoms with Gasteiger partial charge in [-0.25, -0.2) is 0 Å². The zero-order chi connectivity index (χ0) is 29.1. The Balaban J connectivity index is 1.47. The Bertz CT molecular complexity index is 791. The first-order chi connectivity index (χ1) is 19.1. The lowest BCUT2D eigenvalue weighted by Gasteiger charge is -2.46.